The zero-order valence-electron chi connectivity index (χ0n) is 11.0. The second-order valence-electron chi connectivity index (χ2n) is 5.42. The van der Waals surface area contributed by atoms with Gasteiger partial charge in [0.15, 0.2) is 0 Å². The normalized spacial score (nSPS) is 25.8. The highest BCUT2D eigenvalue weighted by atomic mass is 35.5. The molecule has 0 amide bonds. The fraction of sp³-hybridized carbons (Fsp3) is 0.571. The minimum atomic E-state index is 0.155. The predicted molar refractivity (Wildman–Crippen MR) is 76.3 cm³/mol. The molecule has 1 saturated carbocycles. The molecule has 0 heterocycles. The van der Waals surface area contributed by atoms with E-state index in [9.17, 15) is 0 Å². The first-order chi connectivity index (χ1) is 8.46. The molecule has 0 saturated heterocycles. The van der Waals surface area contributed by atoms with Gasteiger partial charge in [-0.15, -0.1) is 0 Å². The van der Waals surface area contributed by atoms with E-state index in [2.05, 4.69) is 19.2 Å². The number of halogens is 2. The van der Waals surface area contributed by atoms with Crippen LogP contribution >= 0.6 is 23.2 Å². The fourth-order valence-electron chi connectivity index (χ4n) is 2.56. The van der Waals surface area contributed by atoms with Crippen LogP contribution in [0.5, 0.6) is 0 Å². The van der Waals surface area contributed by atoms with Gasteiger partial charge in [0.2, 0.25) is 0 Å². The van der Waals surface area contributed by atoms with Crippen LogP contribution in [0.25, 0.3) is 0 Å². The lowest BCUT2D eigenvalue weighted by Crippen LogP contribution is -2.60. The van der Waals surface area contributed by atoms with E-state index in [1.54, 1.807) is 7.11 Å². The summed E-state index contributed by atoms with van der Waals surface area (Å²) in [5.74, 6) is 0. The van der Waals surface area contributed by atoms with Crippen molar-refractivity contribution in [3.8, 4) is 0 Å². The third-order valence-electron chi connectivity index (χ3n) is 4.05. The van der Waals surface area contributed by atoms with Crippen LogP contribution in [0.3, 0.4) is 0 Å². The Labute approximate surface area is 119 Å². The van der Waals surface area contributed by atoms with E-state index in [1.807, 2.05) is 18.2 Å². The van der Waals surface area contributed by atoms with Crippen molar-refractivity contribution in [2.45, 2.75) is 39.0 Å². The summed E-state index contributed by atoms with van der Waals surface area (Å²) in [5.41, 5.74) is 1.13. The van der Waals surface area contributed by atoms with Gasteiger partial charge < -0.3 is 10.1 Å². The molecule has 1 aromatic rings. The topological polar surface area (TPSA) is 21.3 Å². The molecular weight excluding hydrogens is 269 g/mol. The SMILES string of the molecule is COC1CC(NCc2c(Cl)cccc2Cl)C1(C)C. The van der Waals surface area contributed by atoms with Crippen LogP contribution in [0.4, 0.5) is 0 Å². The first-order valence-electron chi connectivity index (χ1n) is 6.16. The maximum absolute atomic E-state index is 6.15. The summed E-state index contributed by atoms with van der Waals surface area (Å²) in [5, 5.41) is 4.96. The summed E-state index contributed by atoms with van der Waals surface area (Å²) in [6, 6.07) is 6.04. The Hall–Kier alpha value is -0.280. The fourth-order valence-corrected chi connectivity index (χ4v) is 3.09. The maximum atomic E-state index is 6.15. The van der Waals surface area contributed by atoms with Gasteiger partial charge >= 0.3 is 0 Å². The van der Waals surface area contributed by atoms with Gasteiger partial charge in [-0.2, -0.15) is 0 Å². The molecule has 1 aromatic carbocycles. The van der Waals surface area contributed by atoms with E-state index < -0.39 is 0 Å². The molecular formula is C14H19Cl2NO. The average Bonchev–Trinajstić information content (AvgIpc) is 2.31. The maximum Gasteiger partial charge on any atom is 0.0652 e. The van der Waals surface area contributed by atoms with Crippen molar-refractivity contribution in [1.82, 2.24) is 5.32 Å². The van der Waals surface area contributed by atoms with E-state index in [-0.39, 0.29) is 5.41 Å². The van der Waals surface area contributed by atoms with Crippen molar-refractivity contribution in [1.29, 1.82) is 0 Å². The highest BCUT2D eigenvalue weighted by Crippen LogP contribution is 2.42. The van der Waals surface area contributed by atoms with Gasteiger partial charge in [0, 0.05) is 40.7 Å². The number of methoxy groups -OCH3 is 1. The van der Waals surface area contributed by atoms with Crippen LogP contribution in [0.15, 0.2) is 18.2 Å². The number of hydrogen-bond donors (Lipinski definition) is 1. The molecule has 2 nitrogen and oxygen atoms in total. The lowest BCUT2D eigenvalue weighted by Gasteiger charge is -2.51. The van der Waals surface area contributed by atoms with Crippen LogP contribution in [-0.2, 0) is 11.3 Å². The molecule has 0 radical (unpaired) electrons. The van der Waals surface area contributed by atoms with Crippen LogP contribution in [0, 0.1) is 5.41 Å². The van der Waals surface area contributed by atoms with Crippen molar-refractivity contribution >= 4 is 23.2 Å². The third kappa shape index (κ3) is 2.53. The summed E-state index contributed by atoms with van der Waals surface area (Å²) in [7, 11) is 1.77. The standard InChI is InChI=1S/C14H19Cl2NO/c1-14(2)12(7-13(14)18-3)17-8-9-10(15)5-4-6-11(9)16/h4-6,12-13,17H,7-8H2,1-3H3. The van der Waals surface area contributed by atoms with Gasteiger partial charge in [0.05, 0.1) is 6.10 Å². The van der Waals surface area contributed by atoms with Gasteiger partial charge in [-0.25, -0.2) is 0 Å². The molecule has 4 heteroatoms. The largest absolute Gasteiger partial charge is 0.381 e. The van der Waals surface area contributed by atoms with Crippen LogP contribution in [-0.4, -0.2) is 19.3 Å². The van der Waals surface area contributed by atoms with Crippen molar-refractivity contribution in [2.75, 3.05) is 7.11 Å². The van der Waals surface area contributed by atoms with E-state index >= 15 is 0 Å². The Kier molecular flexibility index (Phi) is 4.22. The van der Waals surface area contributed by atoms with Crippen molar-refractivity contribution < 1.29 is 4.74 Å². The first kappa shape index (κ1) is 14.1. The summed E-state index contributed by atoms with van der Waals surface area (Å²) in [6.45, 7) is 5.14. The lowest BCUT2D eigenvalue weighted by molar-refractivity contribution is -0.0978. The molecule has 0 aliphatic heterocycles. The molecule has 1 aliphatic carbocycles. The summed E-state index contributed by atoms with van der Waals surface area (Å²) in [4.78, 5) is 0. The summed E-state index contributed by atoms with van der Waals surface area (Å²) >= 11 is 12.3. The molecule has 2 rings (SSSR count). The summed E-state index contributed by atoms with van der Waals surface area (Å²) < 4.78 is 5.44. The van der Waals surface area contributed by atoms with Crippen LogP contribution in [0.1, 0.15) is 25.8 Å². The smallest absolute Gasteiger partial charge is 0.0652 e. The third-order valence-corrected chi connectivity index (χ3v) is 4.76. The Morgan fingerprint density at radius 3 is 2.44 bits per heavy atom. The minimum absolute atomic E-state index is 0.155. The molecule has 0 spiro atoms. The Morgan fingerprint density at radius 1 is 1.33 bits per heavy atom. The van der Waals surface area contributed by atoms with E-state index in [4.69, 9.17) is 27.9 Å². The summed E-state index contributed by atoms with van der Waals surface area (Å²) in [6.07, 6.45) is 1.36. The molecule has 1 aliphatic rings. The molecule has 2 atom stereocenters. The molecule has 100 valence electrons. The molecule has 1 N–H and O–H groups in total. The van der Waals surface area contributed by atoms with Gasteiger partial charge in [0.25, 0.3) is 0 Å². The van der Waals surface area contributed by atoms with Crippen LogP contribution in [0.2, 0.25) is 10.0 Å². The monoisotopic (exact) mass is 287 g/mol. The average molecular weight is 288 g/mol. The predicted octanol–water partition coefficient (Wildman–Crippen LogP) is 3.90. The van der Waals surface area contributed by atoms with Gasteiger partial charge in [-0.05, 0) is 18.6 Å². The van der Waals surface area contributed by atoms with Gasteiger partial charge in [0.1, 0.15) is 0 Å². The number of rotatable bonds is 4. The quantitative estimate of drug-likeness (QED) is 0.907. The van der Waals surface area contributed by atoms with E-state index in [0.717, 1.165) is 22.0 Å². The van der Waals surface area contributed by atoms with Crippen molar-refractivity contribution in [3.05, 3.63) is 33.8 Å². The molecule has 2 unspecified atom stereocenters. The second-order valence-corrected chi connectivity index (χ2v) is 6.23. The van der Waals surface area contributed by atoms with Crippen molar-refractivity contribution in [3.63, 3.8) is 0 Å². The number of benzene rings is 1. The Bertz CT molecular complexity index is 414. The molecule has 18 heavy (non-hydrogen) atoms. The van der Waals surface area contributed by atoms with E-state index in [1.165, 1.54) is 0 Å². The van der Waals surface area contributed by atoms with Gasteiger partial charge in [-0.3, -0.25) is 0 Å². The lowest BCUT2D eigenvalue weighted by atomic mass is 9.64. The first-order valence-corrected chi connectivity index (χ1v) is 6.91. The van der Waals surface area contributed by atoms with Crippen LogP contribution < -0.4 is 5.32 Å². The zero-order valence-corrected chi connectivity index (χ0v) is 12.5. The van der Waals surface area contributed by atoms with E-state index in [0.29, 0.717) is 18.7 Å². The second kappa shape index (κ2) is 5.38. The molecule has 1 fully saturated rings. The molecule has 0 aromatic heterocycles. The highest BCUT2D eigenvalue weighted by molar-refractivity contribution is 6.35. The van der Waals surface area contributed by atoms with Crippen molar-refractivity contribution in [2.24, 2.45) is 5.41 Å². The Morgan fingerprint density at radius 2 is 1.94 bits per heavy atom. The number of ether oxygens (including phenoxy) is 1. The zero-order chi connectivity index (χ0) is 13.3. The molecule has 0 bridgehead atoms. The number of hydrogen-bond acceptors (Lipinski definition) is 2. The number of nitrogens with one attached hydrogen (secondary N) is 1. The minimum Gasteiger partial charge on any atom is -0.381 e. The highest BCUT2D eigenvalue weighted by Gasteiger charge is 2.48. The van der Waals surface area contributed by atoms with Gasteiger partial charge in [-0.1, -0.05) is 43.1 Å². The Balaban J connectivity index is 1.98.